The molecule has 0 amide bonds. The second kappa shape index (κ2) is 8.22. The highest BCUT2D eigenvalue weighted by atomic mass is 35.5. The molecule has 0 aliphatic carbocycles. The van der Waals surface area contributed by atoms with Crippen LogP contribution in [0.4, 0.5) is 0 Å². The van der Waals surface area contributed by atoms with Gasteiger partial charge in [-0.25, -0.2) is 0 Å². The molecule has 156 valence electrons. The molecule has 31 heavy (non-hydrogen) atoms. The lowest BCUT2D eigenvalue weighted by Crippen LogP contribution is -2.39. The van der Waals surface area contributed by atoms with Crippen LogP contribution in [0, 0.1) is 0 Å². The summed E-state index contributed by atoms with van der Waals surface area (Å²) in [7, 11) is 1.67. The minimum Gasteiger partial charge on any atom is -0.497 e. The number of carbonyl (C=O) groups excluding carboxylic acids is 1. The van der Waals surface area contributed by atoms with Crippen LogP contribution in [-0.2, 0) is 6.42 Å². The Morgan fingerprint density at radius 2 is 1.81 bits per heavy atom. The summed E-state index contributed by atoms with van der Waals surface area (Å²) in [5, 5.41) is 1.90. The van der Waals surface area contributed by atoms with Crippen LogP contribution in [0.5, 0.6) is 5.75 Å². The van der Waals surface area contributed by atoms with Gasteiger partial charge >= 0.3 is 0 Å². The number of ketones is 1. The molecule has 5 rings (SSSR count). The van der Waals surface area contributed by atoms with Gasteiger partial charge in [-0.1, -0.05) is 41.9 Å². The van der Waals surface area contributed by atoms with E-state index in [1.165, 1.54) is 16.6 Å². The summed E-state index contributed by atoms with van der Waals surface area (Å²) in [6.07, 6.45) is 0.903. The van der Waals surface area contributed by atoms with Crippen LogP contribution in [0.25, 0.3) is 10.9 Å². The van der Waals surface area contributed by atoms with Crippen molar-refractivity contribution in [2.45, 2.75) is 12.5 Å². The monoisotopic (exact) mass is 430 g/mol. The first-order chi connectivity index (χ1) is 15.1. The SMILES string of the molecule is COc1ccc(C2c3[nH]c4ccccc4c3CCN2CC(=O)c2ccc(Cl)cc2)cc1. The number of ether oxygens (including phenoxy) is 1. The number of carbonyl (C=O) groups is 1. The zero-order valence-corrected chi connectivity index (χ0v) is 18.0. The number of aromatic amines is 1. The van der Waals surface area contributed by atoms with Crippen LogP contribution >= 0.6 is 11.6 Å². The van der Waals surface area contributed by atoms with Gasteiger partial charge in [0.15, 0.2) is 5.78 Å². The molecule has 0 fully saturated rings. The first kappa shape index (κ1) is 19.9. The fourth-order valence-corrected chi connectivity index (χ4v) is 4.66. The van der Waals surface area contributed by atoms with Crippen LogP contribution < -0.4 is 4.74 Å². The largest absolute Gasteiger partial charge is 0.497 e. The molecular formula is C26H23ClN2O2. The summed E-state index contributed by atoms with van der Waals surface area (Å²) in [4.78, 5) is 19.0. The zero-order valence-electron chi connectivity index (χ0n) is 17.3. The highest BCUT2D eigenvalue weighted by molar-refractivity contribution is 6.30. The van der Waals surface area contributed by atoms with Crippen molar-refractivity contribution in [3.05, 3.63) is 100 Å². The Balaban J connectivity index is 1.54. The van der Waals surface area contributed by atoms with Gasteiger partial charge in [0.05, 0.1) is 19.7 Å². The molecule has 1 unspecified atom stereocenters. The molecule has 4 nitrogen and oxygen atoms in total. The average Bonchev–Trinajstić information content (AvgIpc) is 3.18. The van der Waals surface area contributed by atoms with E-state index >= 15 is 0 Å². The number of hydrogen-bond donors (Lipinski definition) is 1. The van der Waals surface area contributed by atoms with Gasteiger partial charge in [-0.2, -0.15) is 0 Å². The number of fused-ring (bicyclic) bond motifs is 3. The Labute approximate surface area is 186 Å². The van der Waals surface area contributed by atoms with Gasteiger partial charge in [-0.3, -0.25) is 9.69 Å². The number of methoxy groups -OCH3 is 1. The number of nitrogens with one attached hydrogen (secondary N) is 1. The van der Waals surface area contributed by atoms with E-state index in [0.717, 1.165) is 29.8 Å². The molecule has 0 saturated heterocycles. The molecule has 5 heteroatoms. The molecule has 1 N–H and O–H groups in total. The number of benzene rings is 3. The molecule has 4 aromatic rings. The quantitative estimate of drug-likeness (QED) is 0.415. The Morgan fingerprint density at radius 3 is 2.55 bits per heavy atom. The van der Waals surface area contributed by atoms with Crippen molar-refractivity contribution in [3.63, 3.8) is 0 Å². The van der Waals surface area contributed by atoms with E-state index < -0.39 is 0 Å². The molecule has 1 aliphatic rings. The van der Waals surface area contributed by atoms with E-state index in [1.807, 2.05) is 12.1 Å². The number of Topliss-reactive ketones (excluding diaryl/α,β-unsaturated/α-hetero) is 1. The maximum atomic E-state index is 13.1. The Morgan fingerprint density at radius 1 is 1.06 bits per heavy atom. The fraction of sp³-hybridized carbons (Fsp3) is 0.192. The molecule has 0 spiro atoms. The molecule has 1 aliphatic heterocycles. The van der Waals surface area contributed by atoms with Gasteiger partial charge in [-0.15, -0.1) is 0 Å². The minimum atomic E-state index is -0.0293. The van der Waals surface area contributed by atoms with Gasteiger partial charge in [0.2, 0.25) is 0 Å². The van der Waals surface area contributed by atoms with Crippen LogP contribution in [0.3, 0.4) is 0 Å². The second-order valence-corrected chi connectivity index (χ2v) is 8.33. The van der Waals surface area contributed by atoms with E-state index in [-0.39, 0.29) is 11.8 Å². The smallest absolute Gasteiger partial charge is 0.176 e. The van der Waals surface area contributed by atoms with Crippen molar-refractivity contribution >= 4 is 28.3 Å². The highest BCUT2D eigenvalue weighted by Gasteiger charge is 2.32. The second-order valence-electron chi connectivity index (χ2n) is 7.89. The predicted molar refractivity (Wildman–Crippen MR) is 124 cm³/mol. The van der Waals surface area contributed by atoms with E-state index in [4.69, 9.17) is 16.3 Å². The summed E-state index contributed by atoms with van der Waals surface area (Å²) in [6, 6.07) is 23.6. The number of aromatic nitrogens is 1. The van der Waals surface area contributed by atoms with Crippen molar-refractivity contribution in [2.24, 2.45) is 0 Å². The lowest BCUT2D eigenvalue weighted by Gasteiger charge is -2.35. The molecular weight excluding hydrogens is 408 g/mol. The van der Waals surface area contributed by atoms with Gasteiger partial charge in [0.1, 0.15) is 5.75 Å². The Bertz CT molecular complexity index is 1230. The third-order valence-electron chi connectivity index (χ3n) is 6.08. The van der Waals surface area contributed by atoms with Gasteiger partial charge in [0, 0.05) is 33.7 Å². The molecule has 0 saturated carbocycles. The third-order valence-corrected chi connectivity index (χ3v) is 6.33. The summed E-state index contributed by atoms with van der Waals surface area (Å²) < 4.78 is 5.35. The highest BCUT2D eigenvalue weighted by Crippen LogP contribution is 2.38. The summed E-state index contributed by atoms with van der Waals surface area (Å²) in [5.74, 6) is 0.912. The number of nitrogens with zero attached hydrogens (tertiary/aromatic N) is 1. The Kier molecular flexibility index (Phi) is 5.26. The normalized spacial score (nSPS) is 16.3. The van der Waals surface area contributed by atoms with Crippen LogP contribution in [-0.4, -0.2) is 35.9 Å². The molecule has 3 aromatic carbocycles. The molecule has 0 radical (unpaired) electrons. The van der Waals surface area contributed by atoms with Crippen LogP contribution in [0.1, 0.15) is 33.2 Å². The lowest BCUT2D eigenvalue weighted by atomic mass is 9.92. The number of H-pyrrole nitrogens is 1. The van der Waals surface area contributed by atoms with Crippen molar-refractivity contribution in [2.75, 3.05) is 20.2 Å². The maximum Gasteiger partial charge on any atom is 0.176 e. The summed E-state index contributed by atoms with van der Waals surface area (Å²) in [6.45, 7) is 1.15. The first-order valence-electron chi connectivity index (χ1n) is 10.4. The molecule has 1 aromatic heterocycles. The predicted octanol–water partition coefficient (Wildman–Crippen LogP) is 5.66. The van der Waals surface area contributed by atoms with Gasteiger partial charge in [-0.05, 0) is 60.0 Å². The van der Waals surface area contributed by atoms with Crippen molar-refractivity contribution in [1.82, 2.24) is 9.88 Å². The molecule has 2 heterocycles. The topological polar surface area (TPSA) is 45.3 Å². The lowest BCUT2D eigenvalue weighted by molar-refractivity contribution is 0.0899. The summed E-state index contributed by atoms with van der Waals surface area (Å²) in [5.41, 5.74) is 5.46. The van der Waals surface area contributed by atoms with Crippen LogP contribution in [0.15, 0.2) is 72.8 Å². The van der Waals surface area contributed by atoms with Crippen molar-refractivity contribution in [1.29, 1.82) is 0 Å². The van der Waals surface area contributed by atoms with E-state index in [2.05, 4.69) is 46.3 Å². The number of halogens is 1. The average molecular weight is 431 g/mol. The first-order valence-corrected chi connectivity index (χ1v) is 10.8. The summed E-state index contributed by atoms with van der Waals surface area (Å²) >= 11 is 5.99. The molecule has 0 bridgehead atoms. The van der Waals surface area contributed by atoms with Crippen LogP contribution in [0.2, 0.25) is 5.02 Å². The number of rotatable bonds is 5. The van der Waals surface area contributed by atoms with E-state index in [9.17, 15) is 4.79 Å². The molecule has 1 atom stereocenters. The van der Waals surface area contributed by atoms with Crippen molar-refractivity contribution < 1.29 is 9.53 Å². The zero-order chi connectivity index (χ0) is 21.4. The van der Waals surface area contributed by atoms with Gasteiger partial charge < -0.3 is 9.72 Å². The number of hydrogen-bond acceptors (Lipinski definition) is 3. The minimum absolute atomic E-state index is 0.0293. The van der Waals surface area contributed by atoms with E-state index in [0.29, 0.717) is 17.1 Å². The van der Waals surface area contributed by atoms with E-state index in [1.54, 1.807) is 31.4 Å². The third kappa shape index (κ3) is 3.73. The van der Waals surface area contributed by atoms with Gasteiger partial charge in [0.25, 0.3) is 0 Å². The Hall–Kier alpha value is -3.08. The standard InChI is InChI=1S/C26H23ClN2O2/c1-31-20-12-8-18(9-13-20)26-25-22(21-4-2-3-5-23(21)28-25)14-15-29(26)16-24(30)17-6-10-19(27)11-7-17/h2-13,26,28H,14-16H2,1H3. The number of para-hydroxylation sites is 1. The fourth-order valence-electron chi connectivity index (χ4n) is 4.54. The maximum absolute atomic E-state index is 13.1. The van der Waals surface area contributed by atoms with Crippen molar-refractivity contribution in [3.8, 4) is 5.75 Å².